The first-order chi connectivity index (χ1) is 7.28. The van der Waals surface area contributed by atoms with Crippen molar-refractivity contribution in [1.82, 2.24) is 4.90 Å². The van der Waals surface area contributed by atoms with Gasteiger partial charge in [-0.2, -0.15) is 0 Å². The van der Waals surface area contributed by atoms with E-state index in [9.17, 15) is 0 Å². The Kier molecular flexibility index (Phi) is 4.04. The quantitative estimate of drug-likeness (QED) is 0.753. The smallest absolute Gasteiger partial charge is 0.000673 e. The molecule has 2 heteroatoms. The highest BCUT2D eigenvalue weighted by Crippen LogP contribution is 2.31. The van der Waals surface area contributed by atoms with Crippen LogP contribution in [-0.4, -0.2) is 31.6 Å². The fourth-order valence-electron chi connectivity index (χ4n) is 2.91. The molecule has 0 unspecified atom stereocenters. The lowest BCUT2D eigenvalue weighted by molar-refractivity contribution is 0.201. The molecule has 2 N–H and O–H groups in total. The van der Waals surface area contributed by atoms with Crippen LogP contribution >= 0.6 is 0 Å². The highest BCUT2D eigenvalue weighted by atomic mass is 15.1. The van der Waals surface area contributed by atoms with Crippen molar-refractivity contribution in [1.29, 1.82) is 0 Å². The summed E-state index contributed by atoms with van der Waals surface area (Å²) >= 11 is 0. The third-order valence-electron chi connectivity index (χ3n) is 4.14. The lowest BCUT2D eigenvalue weighted by atomic mass is 9.82. The van der Waals surface area contributed by atoms with E-state index in [0.29, 0.717) is 0 Å². The second kappa shape index (κ2) is 5.31. The molecule has 0 heterocycles. The molecule has 2 rings (SSSR count). The third kappa shape index (κ3) is 3.76. The van der Waals surface area contributed by atoms with E-state index >= 15 is 0 Å². The zero-order valence-electron chi connectivity index (χ0n) is 10.1. The standard InChI is InChI=1S/C13H26N2/c1-15(10-13-6-7-13)9-12-4-2-11(8-14)3-5-12/h11-13H,2-10,14H2,1H3. The largest absolute Gasteiger partial charge is 0.330 e. The number of nitrogens with two attached hydrogens (primary N) is 1. The van der Waals surface area contributed by atoms with Crippen molar-refractivity contribution in [3.8, 4) is 0 Å². The van der Waals surface area contributed by atoms with Crippen LogP contribution in [0.15, 0.2) is 0 Å². The lowest BCUT2D eigenvalue weighted by Crippen LogP contribution is -2.31. The molecular weight excluding hydrogens is 184 g/mol. The van der Waals surface area contributed by atoms with Gasteiger partial charge in [-0.05, 0) is 69.9 Å². The minimum atomic E-state index is 0.829. The van der Waals surface area contributed by atoms with Crippen molar-refractivity contribution >= 4 is 0 Å². The Morgan fingerprint density at radius 2 is 1.27 bits per heavy atom. The first-order valence-corrected chi connectivity index (χ1v) is 6.66. The van der Waals surface area contributed by atoms with Crippen LogP contribution in [-0.2, 0) is 0 Å². The summed E-state index contributed by atoms with van der Waals surface area (Å²) in [6.07, 6.45) is 8.53. The molecule has 2 saturated carbocycles. The maximum Gasteiger partial charge on any atom is 0.000673 e. The Hall–Kier alpha value is -0.0800. The zero-order valence-corrected chi connectivity index (χ0v) is 10.1. The van der Waals surface area contributed by atoms with Crippen molar-refractivity contribution in [2.45, 2.75) is 38.5 Å². The molecule has 2 fully saturated rings. The van der Waals surface area contributed by atoms with Crippen LogP contribution < -0.4 is 5.73 Å². The molecule has 0 aromatic rings. The predicted octanol–water partition coefficient (Wildman–Crippen LogP) is 2.09. The molecule has 2 aliphatic rings. The van der Waals surface area contributed by atoms with E-state index in [1.165, 1.54) is 51.6 Å². The minimum absolute atomic E-state index is 0.829. The van der Waals surface area contributed by atoms with Gasteiger partial charge < -0.3 is 10.6 Å². The van der Waals surface area contributed by atoms with Crippen LogP contribution in [0, 0.1) is 17.8 Å². The Labute approximate surface area is 94.2 Å². The summed E-state index contributed by atoms with van der Waals surface area (Å²) in [6, 6.07) is 0. The van der Waals surface area contributed by atoms with Crippen molar-refractivity contribution in [2.24, 2.45) is 23.5 Å². The first-order valence-electron chi connectivity index (χ1n) is 6.66. The van der Waals surface area contributed by atoms with Gasteiger partial charge in [0.05, 0.1) is 0 Å². The van der Waals surface area contributed by atoms with Gasteiger partial charge in [0.1, 0.15) is 0 Å². The Balaban J connectivity index is 1.62. The van der Waals surface area contributed by atoms with Gasteiger partial charge in [0.25, 0.3) is 0 Å². The van der Waals surface area contributed by atoms with E-state index in [1.807, 2.05) is 0 Å². The Morgan fingerprint density at radius 3 is 1.67 bits per heavy atom. The van der Waals surface area contributed by atoms with Crippen LogP contribution in [0.25, 0.3) is 0 Å². The van der Waals surface area contributed by atoms with Crippen LogP contribution in [0.2, 0.25) is 0 Å². The molecule has 0 aromatic carbocycles. The summed E-state index contributed by atoms with van der Waals surface area (Å²) in [5, 5.41) is 0. The third-order valence-corrected chi connectivity index (χ3v) is 4.14. The van der Waals surface area contributed by atoms with E-state index in [-0.39, 0.29) is 0 Å². The molecular formula is C13H26N2. The van der Waals surface area contributed by atoms with E-state index < -0.39 is 0 Å². The summed E-state index contributed by atoms with van der Waals surface area (Å²) in [7, 11) is 2.30. The molecule has 0 spiro atoms. The van der Waals surface area contributed by atoms with Crippen LogP contribution in [0.3, 0.4) is 0 Å². The van der Waals surface area contributed by atoms with E-state index in [0.717, 1.165) is 24.3 Å². The molecule has 0 atom stereocenters. The molecule has 0 aromatic heterocycles. The first kappa shape index (κ1) is 11.4. The topological polar surface area (TPSA) is 29.3 Å². The highest BCUT2D eigenvalue weighted by Gasteiger charge is 2.25. The second-order valence-corrected chi connectivity index (χ2v) is 5.79. The summed E-state index contributed by atoms with van der Waals surface area (Å²) in [4.78, 5) is 2.56. The molecule has 0 saturated heterocycles. The minimum Gasteiger partial charge on any atom is -0.330 e. The van der Waals surface area contributed by atoms with Gasteiger partial charge in [-0.25, -0.2) is 0 Å². The number of hydrogen-bond donors (Lipinski definition) is 1. The normalized spacial score (nSPS) is 32.2. The molecule has 0 amide bonds. The molecule has 2 aliphatic carbocycles. The highest BCUT2D eigenvalue weighted by molar-refractivity contribution is 4.79. The van der Waals surface area contributed by atoms with Gasteiger partial charge in [0, 0.05) is 13.1 Å². The average Bonchev–Trinajstić information content (AvgIpc) is 3.03. The molecule has 0 bridgehead atoms. The fraction of sp³-hybridized carbons (Fsp3) is 1.00. The van der Waals surface area contributed by atoms with Crippen LogP contribution in [0.5, 0.6) is 0 Å². The maximum atomic E-state index is 5.71. The van der Waals surface area contributed by atoms with Gasteiger partial charge in [0.15, 0.2) is 0 Å². The monoisotopic (exact) mass is 210 g/mol. The van der Waals surface area contributed by atoms with Gasteiger partial charge in [-0.1, -0.05) is 0 Å². The van der Waals surface area contributed by atoms with Gasteiger partial charge >= 0.3 is 0 Å². The number of rotatable bonds is 5. The lowest BCUT2D eigenvalue weighted by Gasteiger charge is -2.30. The number of nitrogens with zero attached hydrogens (tertiary/aromatic N) is 1. The Morgan fingerprint density at radius 1 is 0.867 bits per heavy atom. The SMILES string of the molecule is CN(CC1CCC(CN)CC1)CC1CC1. The predicted molar refractivity (Wildman–Crippen MR) is 64.7 cm³/mol. The molecule has 15 heavy (non-hydrogen) atoms. The van der Waals surface area contributed by atoms with Crippen LogP contribution in [0.1, 0.15) is 38.5 Å². The Bertz CT molecular complexity index is 181. The molecule has 0 aliphatic heterocycles. The maximum absolute atomic E-state index is 5.71. The average molecular weight is 210 g/mol. The molecule has 2 nitrogen and oxygen atoms in total. The second-order valence-electron chi connectivity index (χ2n) is 5.79. The summed E-state index contributed by atoms with van der Waals surface area (Å²) in [5.74, 6) is 2.82. The van der Waals surface area contributed by atoms with Crippen molar-refractivity contribution in [3.05, 3.63) is 0 Å². The molecule has 88 valence electrons. The van der Waals surface area contributed by atoms with Gasteiger partial charge in [0.2, 0.25) is 0 Å². The summed E-state index contributed by atoms with van der Waals surface area (Å²) < 4.78 is 0. The van der Waals surface area contributed by atoms with Gasteiger partial charge in [-0.3, -0.25) is 0 Å². The fourth-order valence-corrected chi connectivity index (χ4v) is 2.91. The summed E-state index contributed by atoms with van der Waals surface area (Å²) in [6.45, 7) is 3.58. The van der Waals surface area contributed by atoms with E-state index in [2.05, 4.69) is 11.9 Å². The van der Waals surface area contributed by atoms with Crippen LogP contribution in [0.4, 0.5) is 0 Å². The van der Waals surface area contributed by atoms with Crippen molar-refractivity contribution in [2.75, 3.05) is 26.7 Å². The van der Waals surface area contributed by atoms with Crippen molar-refractivity contribution < 1.29 is 0 Å². The molecule has 0 radical (unpaired) electrons. The summed E-state index contributed by atoms with van der Waals surface area (Å²) in [5.41, 5.74) is 5.71. The van der Waals surface area contributed by atoms with Gasteiger partial charge in [-0.15, -0.1) is 0 Å². The zero-order chi connectivity index (χ0) is 10.7. The van der Waals surface area contributed by atoms with Crippen molar-refractivity contribution in [3.63, 3.8) is 0 Å². The number of hydrogen-bond acceptors (Lipinski definition) is 2. The van der Waals surface area contributed by atoms with E-state index in [4.69, 9.17) is 5.73 Å². The van der Waals surface area contributed by atoms with E-state index in [1.54, 1.807) is 0 Å².